The monoisotopic (exact) mass is 552 g/mol. The van der Waals surface area contributed by atoms with Gasteiger partial charge in [0, 0.05) is 13.8 Å². The summed E-state index contributed by atoms with van der Waals surface area (Å²) in [6.07, 6.45) is -0.794. The Morgan fingerprint density at radius 2 is 2.03 bits per heavy atom. The van der Waals surface area contributed by atoms with Crippen molar-refractivity contribution >= 4 is 62.2 Å². The second-order valence-corrected chi connectivity index (χ2v) is 9.62. The van der Waals surface area contributed by atoms with Gasteiger partial charge in [0.05, 0.1) is 17.8 Å². The van der Waals surface area contributed by atoms with Crippen molar-refractivity contribution in [3.05, 3.63) is 16.8 Å². The third-order valence-electron chi connectivity index (χ3n) is 4.91. The maximum absolute atomic E-state index is 12.0. The molecule has 4 rings (SSSR count). The van der Waals surface area contributed by atoms with Crippen LogP contribution in [0.1, 0.15) is 33.9 Å². The molecule has 0 aliphatic carbocycles. The average molecular weight is 554 g/mol. The van der Waals surface area contributed by atoms with Crippen LogP contribution in [-0.2, 0) is 33.3 Å². The molecule has 0 spiro atoms. The number of ether oxygens (including phenoxy) is 5. The van der Waals surface area contributed by atoms with Crippen LogP contribution in [0.2, 0.25) is 10.4 Å². The van der Waals surface area contributed by atoms with E-state index in [4.69, 9.17) is 46.9 Å². The second-order valence-electron chi connectivity index (χ2n) is 7.87. The molecule has 0 saturated carbocycles. The van der Waals surface area contributed by atoms with E-state index in [9.17, 15) is 9.59 Å². The first kappa shape index (κ1) is 23.6. The molecule has 32 heavy (non-hydrogen) atoms. The van der Waals surface area contributed by atoms with E-state index in [1.165, 1.54) is 20.2 Å². The van der Waals surface area contributed by atoms with Gasteiger partial charge in [0.1, 0.15) is 11.6 Å². The minimum atomic E-state index is -1.58. The number of carbonyl (C=O) groups is 2. The van der Waals surface area contributed by atoms with Crippen LogP contribution < -0.4 is 0 Å². The summed E-state index contributed by atoms with van der Waals surface area (Å²) >= 11 is 15.6. The molecule has 0 N–H and O–H groups in total. The molecule has 0 radical (unpaired) electrons. The summed E-state index contributed by atoms with van der Waals surface area (Å²) < 4.78 is 29.8. The fraction of sp³-hybridized carbons (Fsp3) is 0.611. The summed E-state index contributed by atoms with van der Waals surface area (Å²) in [5, 5.41) is 0.00379. The number of imidazole rings is 1. The molecule has 4 heterocycles. The molecule has 11 nitrogen and oxygen atoms in total. The summed E-state index contributed by atoms with van der Waals surface area (Å²) in [5.41, 5.74) is -0.524. The van der Waals surface area contributed by atoms with Crippen molar-refractivity contribution in [3.63, 3.8) is 0 Å². The Bertz CT molecular complexity index is 1080. The largest absolute Gasteiger partial charge is 0.456 e. The van der Waals surface area contributed by atoms with Crippen LogP contribution in [0.3, 0.4) is 0 Å². The van der Waals surface area contributed by atoms with Crippen molar-refractivity contribution < 1.29 is 33.3 Å². The molecule has 0 aromatic carbocycles. The molecule has 2 aliphatic heterocycles. The van der Waals surface area contributed by atoms with Gasteiger partial charge in [-0.05, 0) is 25.4 Å². The standard InChI is InChI=1S/C18H19BrCl2N4O7/c1-7(26)29-11-9(19)8(5-28-18(4)31-15(27)17(2,3)32-18)30-14(11)25-6-22-10-12(20)23-16(21)24-13(10)25/h6,8-9,11,14H,5H2,1-4H3/t8-,9+,11-,14-,18?/m1/s1. The van der Waals surface area contributed by atoms with Gasteiger partial charge in [-0.2, -0.15) is 4.98 Å². The lowest BCUT2D eigenvalue weighted by molar-refractivity contribution is -0.334. The fourth-order valence-corrected chi connectivity index (χ4v) is 4.59. The molecule has 2 aliphatic rings. The summed E-state index contributed by atoms with van der Waals surface area (Å²) in [4.78, 5) is 35.5. The smallest absolute Gasteiger partial charge is 0.342 e. The number of esters is 2. The predicted octanol–water partition coefficient (Wildman–Crippen LogP) is 2.77. The Hall–Kier alpha value is -1.57. The first-order valence-corrected chi connectivity index (χ1v) is 11.2. The zero-order chi connectivity index (χ0) is 23.4. The van der Waals surface area contributed by atoms with E-state index in [1.54, 1.807) is 18.4 Å². The van der Waals surface area contributed by atoms with E-state index in [1.807, 2.05) is 0 Å². The minimum Gasteiger partial charge on any atom is -0.456 e. The Kier molecular flexibility index (Phi) is 6.14. The molecule has 2 fully saturated rings. The number of alkyl halides is 1. The third kappa shape index (κ3) is 4.31. The van der Waals surface area contributed by atoms with E-state index in [0.717, 1.165) is 0 Å². The summed E-state index contributed by atoms with van der Waals surface area (Å²) in [7, 11) is 0. The van der Waals surface area contributed by atoms with Gasteiger partial charge in [0.15, 0.2) is 28.7 Å². The van der Waals surface area contributed by atoms with Crippen molar-refractivity contribution in [3.8, 4) is 0 Å². The van der Waals surface area contributed by atoms with E-state index in [0.29, 0.717) is 11.2 Å². The Morgan fingerprint density at radius 1 is 1.31 bits per heavy atom. The number of aromatic nitrogens is 4. The molecule has 0 bridgehead atoms. The summed E-state index contributed by atoms with van der Waals surface area (Å²) in [5.74, 6) is -2.63. The number of hydrogen-bond acceptors (Lipinski definition) is 10. The third-order valence-corrected chi connectivity index (χ3v) is 6.46. The highest BCUT2D eigenvalue weighted by atomic mass is 79.9. The second kappa shape index (κ2) is 8.33. The van der Waals surface area contributed by atoms with Crippen LogP contribution in [-0.4, -0.2) is 66.7 Å². The molecule has 2 aromatic rings. The van der Waals surface area contributed by atoms with Gasteiger partial charge in [0.25, 0.3) is 0 Å². The highest BCUT2D eigenvalue weighted by Crippen LogP contribution is 2.40. The van der Waals surface area contributed by atoms with E-state index >= 15 is 0 Å². The molecule has 174 valence electrons. The zero-order valence-electron chi connectivity index (χ0n) is 17.4. The van der Waals surface area contributed by atoms with Gasteiger partial charge in [-0.15, -0.1) is 0 Å². The number of carbonyl (C=O) groups excluding carboxylic acids is 2. The van der Waals surface area contributed by atoms with Crippen LogP contribution in [0.25, 0.3) is 11.2 Å². The number of hydrogen-bond donors (Lipinski definition) is 0. The van der Waals surface area contributed by atoms with Crippen molar-refractivity contribution in [2.45, 2.75) is 62.5 Å². The van der Waals surface area contributed by atoms with Crippen LogP contribution in [0.5, 0.6) is 0 Å². The van der Waals surface area contributed by atoms with E-state index in [-0.39, 0.29) is 17.0 Å². The molecule has 1 unspecified atom stereocenters. The lowest BCUT2D eigenvalue weighted by atomic mass is 10.1. The van der Waals surface area contributed by atoms with Crippen LogP contribution >= 0.6 is 39.1 Å². The highest BCUT2D eigenvalue weighted by Gasteiger charge is 2.53. The van der Waals surface area contributed by atoms with Crippen LogP contribution in [0, 0.1) is 0 Å². The quantitative estimate of drug-likeness (QED) is 0.236. The number of fused-ring (bicyclic) bond motifs is 1. The van der Waals surface area contributed by atoms with Gasteiger partial charge in [-0.3, -0.25) is 14.1 Å². The van der Waals surface area contributed by atoms with E-state index < -0.39 is 46.8 Å². The SMILES string of the molecule is CC(=O)O[C@@H]1[C@@H](Br)[C@@H](COC2(C)OC(=O)C(C)(C)O2)O[C@H]1n1cnc2c(Cl)nc(Cl)nc21. The Morgan fingerprint density at radius 3 is 2.66 bits per heavy atom. The van der Waals surface area contributed by atoms with Gasteiger partial charge < -0.3 is 18.9 Å². The molecule has 2 aromatic heterocycles. The average Bonchev–Trinajstić information content (AvgIpc) is 3.27. The number of cyclic esters (lactones) is 1. The summed E-state index contributed by atoms with van der Waals surface area (Å²) in [6, 6.07) is 0. The molecular weight excluding hydrogens is 535 g/mol. The van der Waals surface area contributed by atoms with Crippen LogP contribution in [0.4, 0.5) is 0 Å². The molecule has 14 heteroatoms. The molecule has 5 atom stereocenters. The first-order valence-electron chi connectivity index (χ1n) is 9.50. The van der Waals surface area contributed by atoms with Crippen molar-refractivity contribution in [1.82, 2.24) is 19.5 Å². The fourth-order valence-electron chi connectivity index (χ4n) is 3.52. The highest BCUT2D eigenvalue weighted by molar-refractivity contribution is 9.09. The predicted molar refractivity (Wildman–Crippen MR) is 113 cm³/mol. The summed E-state index contributed by atoms with van der Waals surface area (Å²) in [6.45, 7) is 5.89. The zero-order valence-corrected chi connectivity index (χ0v) is 20.5. The van der Waals surface area contributed by atoms with Gasteiger partial charge in [-0.1, -0.05) is 27.5 Å². The maximum Gasteiger partial charge on any atom is 0.342 e. The Balaban J connectivity index is 1.59. The minimum absolute atomic E-state index is 0.0484. The molecular formula is C18H19BrCl2N4O7. The normalized spacial score (nSPS) is 31.8. The number of nitrogens with zero attached hydrogens (tertiary/aromatic N) is 4. The van der Waals surface area contributed by atoms with Crippen molar-refractivity contribution in [2.24, 2.45) is 0 Å². The van der Waals surface area contributed by atoms with E-state index in [2.05, 4.69) is 30.9 Å². The van der Waals surface area contributed by atoms with Gasteiger partial charge in [-0.25, -0.2) is 14.8 Å². The van der Waals surface area contributed by atoms with Crippen LogP contribution in [0.15, 0.2) is 6.33 Å². The lowest BCUT2D eigenvalue weighted by Crippen LogP contribution is -2.38. The van der Waals surface area contributed by atoms with Gasteiger partial charge in [0.2, 0.25) is 5.28 Å². The number of halogens is 3. The topological polar surface area (TPSA) is 124 Å². The molecule has 2 saturated heterocycles. The number of rotatable bonds is 5. The molecule has 0 amide bonds. The maximum atomic E-state index is 12.0. The first-order chi connectivity index (χ1) is 14.9. The van der Waals surface area contributed by atoms with Crippen molar-refractivity contribution in [1.29, 1.82) is 0 Å². The lowest BCUT2D eigenvalue weighted by Gasteiger charge is -2.25. The van der Waals surface area contributed by atoms with Crippen molar-refractivity contribution in [2.75, 3.05) is 6.61 Å². The van der Waals surface area contributed by atoms with Gasteiger partial charge >= 0.3 is 17.9 Å². The Labute approximate surface area is 200 Å².